The standard InChI is InChI=1S/C16H18FNO2S/c1-4-18(16-11-12(2)5-6-13(16)3)21(19,20)15-9-7-14(17)8-10-15/h5-11H,4H2,1-3H3. The number of benzene rings is 2. The molecule has 0 radical (unpaired) electrons. The minimum Gasteiger partial charge on any atom is -0.266 e. The van der Waals surface area contributed by atoms with Crippen LogP contribution in [0, 0.1) is 19.7 Å². The fourth-order valence-corrected chi connectivity index (χ4v) is 3.72. The monoisotopic (exact) mass is 307 g/mol. The van der Waals surface area contributed by atoms with Crippen molar-refractivity contribution in [2.45, 2.75) is 25.7 Å². The molecule has 112 valence electrons. The van der Waals surface area contributed by atoms with Gasteiger partial charge < -0.3 is 0 Å². The van der Waals surface area contributed by atoms with E-state index in [1.165, 1.54) is 16.4 Å². The van der Waals surface area contributed by atoms with Crippen molar-refractivity contribution in [3.8, 4) is 0 Å². The second kappa shape index (κ2) is 5.85. The van der Waals surface area contributed by atoms with Crippen molar-refractivity contribution in [3.63, 3.8) is 0 Å². The van der Waals surface area contributed by atoms with Gasteiger partial charge in [-0.05, 0) is 62.2 Å². The summed E-state index contributed by atoms with van der Waals surface area (Å²) in [5.74, 6) is -0.455. The molecule has 0 heterocycles. The number of rotatable bonds is 4. The summed E-state index contributed by atoms with van der Waals surface area (Å²) in [4.78, 5) is 0.0895. The van der Waals surface area contributed by atoms with E-state index in [0.29, 0.717) is 12.2 Å². The first-order valence-electron chi connectivity index (χ1n) is 6.72. The van der Waals surface area contributed by atoms with Crippen molar-refractivity contribution in [3.05, 3.63) is 59.4 Å². The topological polar surface area (TPSA) is 37.4 Å². The molecule has 0 atom stereocenters. The van der Waals surface area contributed by atoms with E-state index in [1.807, 2.05) is 32.0 Å². The van der Waals surface area contributed by atoms with Crippen molar-refractivity contribution in [2.24, 2.45) is 0 Å². The molecule has 0 aromatic heterocycles. The molecule has 0 N–H and O–H groups in total. The Bertz CT molecular complexity index is 739. The van der Waals surface area contributed by atoms with Crippen LogP contribution in [0.1, 0.15) is 18.1 Å². The highest BCUT2D eigenvalue weighted by molar-refractivity contribution is 7.92. The largest absolute Gasteiger partial charge is 0.266 e. The van der Waals surface area contributed by atoms with Crippen LogP contribution in [-0.2, 0) is 10.0 Å². The van der Waals surface area contributed by atoms with E-state index >= 15 is 0 Å². The smallest absolute Gasteiger partial charge is 0.264 e. The number of hydrogen-bond acceptors (Lipinski definition) is 2. The lowest BCUT2D eigenvalue weighted by molar-refractivity contribution is 0.590. The summed E-state index contributed by atoms with van der Waals surface area (Å²) >= 11 is 0. The van der Waals surface area contributed by atoms with Crippen molar-refractivity contribution in [1.82, 2.24) is 0 Å². The van der Waals surface area contributed by atoms with Crippen molar-refractivity contribution in [2.75, 3.05) is 10.8 Å². The van der Waals surface area contributed by atoms with Gasteiger partial charge in [-0.1, -0.05) is 12.1 Å². The quantitative estimate of drug-likeness (QED) is 0.864. The highest BCUT2D eigenvalue weighted by Gasteiger charge is 2.24. The van der Waals surface area contributed by atoms with Crippen LogP contribution in [0.15, 0.2) is 47.4 Å². The third-order valence-corrected chi connectivity index (χ3v) is 5.23. The molecule has 0 saturated carbocycles. The van der Waals surface area contributed by atoms with E-state index in [4.69, 9.17) is 0 Å². The molecule has 0 saturated heterocycles. The summed E-state index contributed by atoms with van der Waals surface area (Å²) in [5, 5.41) is 0. The lowest BCUT2D eigenvalue weighted by atomic mass is 10.1. The zero-order chi connectivity index (χ0) is 15.6. The number of hydrogen-bond donors (Lipinski definition) is 0. The lowest BCUT2D eigenvalue weighted by Gasteiger charge is -2.25. The second-order valence-corrected chi connectivity index (χ2v) is 6.78. The number of anilines is 1. The average Bonchev–Trinajstić information content (AvgIpc) is 2.43. The summed E-state index contributed by atoms with van der Waals surface area (Å²) < 4.78 is 39.8. The summed E-state index contributed by atoms with van der Waals surface area (Å²) in [6.45, 7) is 5.88. The molecule has 5 heteroatoms. The molecule has 0 spiro atoms. The maximum atomic E-state index is 13.0. The van der Waals surface area contributed by atoms with E-state index in [9.17, 15) is 12.8 Å². The van der Waals surface area contributed by atoms with E-state index in [2.05, 4.69) is 0 Å². The number of nitrogens with zero attached hydrogens (tertiary/aromatic N) is 1. The van der Waals surface area contributed by atoms with Crippen LogP contribution in [0.3, 0.4) is 0 Å². The van der Waals surface area contributed by atoms with Crippen LogP contribution in [0.2, 0.25) is 0 Å². The van der Waals surface area contributed by atoms with Gasteiger partial charge in [0.25, 0.3) is 10.0 Å². The molecule has 0 fully saturated rings. The summed E-state index contributed by atoms with van der Waals surface area (Å²) in [6.07, 6.45) is 0. The van der Waals surface area contributed by atoms with E-state index in [0.717, 1.165) is 23.3 Å². The SMILES string of the molecule is CCN(c1cc(C)ccc1C)S(=O)(=O)c1ccc(F)cc1. The van der Waals surface area contributed by atoms with Gasteiger partial charge >= 0.3 is 0 Å². The average molecular weight is 307 g/mol. The lowest BCUT2D eigenvalue weighted by Crippen LogP contribution is -2.31. The maximum absolute atomic E-state index is 13.0. The first-order chi connectivity index (χ1) is 9.86. The second-order valence-electron chi connectivity index (χ2n) is 4.91. The van der Waals surface area contributed by atoms with Gasteiger partial charge in [0.05, 0.1) is 10.6 Å². The van der Waals surface area contributed by atoms with Gasteiger partial charge in [0.1, 0.15) is 5.82 Å². The minimum absolute atomic E-state index is 0.0895. The van der Waals surface area contributed by atoms with Gasteiger partial charge in [0.2, 0.25) is 0 Å². The van der Waals surface area contributed by atoms with Gasteiger partial charge in [-0.2, -0.15) is 0 Å². The Morgan fingerprint density at radius 3 is 2.24 bits per heavy atom. The first kappa shape index (κ1) is 15.5. The Kier molecular flexibility index (Phi) is 4.32. The molecule has 21 heavy (non-hydrogen) atoms. The molecule has 0 aliphatic rings. The van der Waals surface area contributed by atoms with Gasteiger partial charge in [0.15, 0.2) is 0 Å². The third kappa shape index (κ3) is 3.08. The molecule has 0 bridgehead atoms. The molecule has 2 rings (SSSR count). The molecule has 0 amide bonds. The van der Waals surface area contributed by atoms with Crippen LogP contribution in [-0.4, -0.2) is 15.0 Å². The normalized spacial score (nSPS) is 11.4. The molecule has 2 aromatic rings. The van der Waals surface area contributed by atoms with Gasteiger partial charge in [0, 0.05) is 6.54 Å². The third-order valence-electron chi connectivity index (χ3n) is 3.32. The van der Waals surface area contributed by atoms with Crippen LogP contribution < -0.4 is 4.31 Å². The number of halogens is 1. The van der Waals surface area contributed by atoms with Crippen LogP contribution in [0.4, 0.5) is 10.1 Å². The fraction of sp³-hybridized carbons (Fsp3) is 0.250. The van der Waals surface area contributed by atoms with Crippen molar-refractivity contribution in [1.29, 1.82) is 0 Å². The summed E-state index contributed by atoms with van der Waals surface area (Å²) in [5.41, 5.74) is 2.53. The molecule has 0 aliphatic heterocycles. The summed E-state index contributed by atoms with van der Waals surface area (Å²) in [6, 6.07) is 10.6. The fourth-order valence-electron chi connectivity index (χ4n) is 2.19. The van der Waals surface area contributed by atoms with Gasteiger partial charge in [-0.25, -0.2) is 12.8 Å². The Labute approximate surface area is 125 Å². The van der Waals surface area contributed by atoms with E-state index in [1.54, 1.807) is 6.92 Å². The van der Waals surface area contributed by atoms with Crippen molar-refractivity contribution >= 4 is 15.7 Å². The minimum atomic E-state index is -3.69. The number of aryl methyl sites for hydroxylation is 2. The van der Waals surface area contributed by atoms with Gasteiger partial charge in [-0.3, -0.25) is 4.31 Å². The molecule has 3 nitrogen and oxygen atoms in total. The first-order valence-corrected chi connectivity index (χ1v) is 8.16. The predicted molar refractivity (Wildman–Crippen MR) is 82.5 cm³/mol. The van der Waals surface area contributed by atoms with Crippen LogP contribution >= 0.6 is 0 Å². The van der Waals surface area contributed by atoms with E-state index < -0.39 is 15.8 Å². The van der Waals surface area contributed by atoms with Crippen LogP contribution in [0.25, 0.3) is 0 Å². The Hall–Kier alpha value is -1.88. The Morgan fingerprint density at radius 2 is 1.67 bits per heavy atom. The highest BCUT2D eigenvalue weighted by atomic mass is 32.2. The highest BCUT2D eigenvalue weighted by Crippen LogP contribution is 2.27. The van der Waals surface area contributed by atoms with Gasteiger partial charge in [-0.15, -0.1) is 0 Å². The zero-order valence-electron chi connectivity index (χ0n) is 12.3. The van der Waals surface area contributed by atoms with Crippen molar-refractivity contribution < 1.29 is 12.8 Å². The molecule has 0 aliphatic carbocycles. The Morgan fingerprint density at radius 1 is 1.05 bits per heavy atom. The van der Waals surface area contributed by atoms with E-state index in [-0.39, 0.29) is 4.90 Å². The molecule has 2 aromatic carbocycles. The predicted octanol–water partition coefficient (Wildman–Crippen LogP) is 3.66. The maximum Gasteiger partial charge on any atom is 0.264 e. The zero-order valence-corrected chi connectivity index (χ0v) is 13.1. The molecule has 0 unspecified atom stereocenters. The Balaban J connectivity index is 2.54. The molecular formula is C16H18FNO2S. The summed E-state index contributed by atoms with van der Waals surface area (Å²) in [7, 11) is -3.69. The van der Waals surface area contributed by atoms with Crippen LogP contribution in [0.5, 0.6) is 0 Å². The molecular weight excluding hydrogens is 289 g/mol. The number of sulfonamides is 1.